The van der Waals surface area contributed by atoms with Crippen LogP contribution in [0.2, 0.25) is 0 Å². The summed E-state index contributed by atoms with van der Waals surface area (Å²) in [5.74, 6) is 0.554. The third kappa shape index (κ3) is 4.19. The Morgan fingerprint density at radius 3 is 2.67 bits per heavy atom. The number of rotatable bonds is 4. The van der Waals surface area contributed by atoms with Crippen LogP contribution < -0.4 is 5.32 Å². The molecule has 104 valence electrons. The number of thiazole rings is 1. The van der Waals surface area contributed by atoms with Gasteiger partial charge in [-0.1, -0.05) is 13.8 Å². The summed E-state index contributed by atoms with van der Waals surface area (Å²) in [4.78, 5) is 8.38. The van der Waals surface area contributed by atoms with Crippen molar-refractivity contribution in [2.24, 2.45) is 0 Å². The van der Waals surface area contributed by atoms with Crippen molar-refractivity contribution >= 4 is 23.7 Å². The quantitative estimate of drug-likeness (QED) is 0.924. The Kier molecular flexibility index (Phi) is 6.57. The summed E-state index contributed by atoms with van der Waals surface area (Å²) in [5.41, 5.74) is 0. The van der Waals surface area contributed by atoms with Gasteiger partial charge in [0.2, 0.25) is 0 Å². The highest BCUT2D eigenvalue weighted by molar-refractivity contribution is 7.11. The van der Waals surface area contributed by atoms with Crippen LogP contribution in [0.1, 0.15) is 42.5 Å². The maximum Gasteiger partial charge on any atom is 0.0953 e. The molecule has 18 heavy (non-hydrogen) atoms. The molecule has 0 saturated carbocycles. The summed E-state index contributed by atoms with van der Waals surface area (Å²) in [6.07, 6.45) is 4.59. The van der Waals surface area contributed by atoms with Crippen LogP contribution in [0.3, 0.4) is 0 Å². The molecule has 1 aliphatic heterocycles. The van der Waals surface area contributed by atoms with Crippen LogP contribution in [0.4, 0.5) is 0 Å². The van der Waals surface area contributed by atoms with Crippen LogP contribution in [0, 0.1) is 0 Å². The largest absolute Gasteiger partial charge is 0.317 e. The molecule has 1 aromatic rings. The summed E-state index contributed by atoms with van der Waals surface area (Å²) >= 11 is 1.86. The van der Waals surface area contributed by atoms with Gasteiger partial charge in [0, 0.05) is 29.6 Å². The van der Waals surface area contributed by atoms with E-state index in [9.17, 15) is 0 Å². The number of hydrogen-bond donors (Lipinski definition) is 1. The zero-order chi connectivity index (χ0) is 12.3. The molecule has 1 aliphatic rings. The standard InChI is InChI=1S/C13H23N3S.ClH/c1-10(2)13-15-8-12(17-13)9-16(3)11-4-6-14-7-5-11;/h8,10-11,14H,4-7,9H2,1-3H3;1H. The fraction of sp³-hybridized carbons (Fsp3) is 0.769. The van der Waals surface area contributed by atoms with Gasteiger partial charge in [0.1, 0.15) is 0 Å². The van der Waals surface area contributed by atoms with Crippen LogP contribution in [-0.2, 0) is 6.54 Å². The molecule has 1 N–H and O–H groups in total. The molecule has 1 saturated heterocycles. The second-order valence-corrected chi connectivity index (χ2v) is 6.36. The average Bonchev–Trinajstić information content (AvgIpc) is 2.79. The molecule has 0 bridgehead atoms. The van der Waals surface area contributed by atoms with Gasteiger partial charge in [-0.05, 0) is 33.0 Å². The molecule has 0 aromatic carbocycles. The van der Waals surface area contributed by atoms with Crippen LogP contribution in [0.15, 0.2) is 6.20 Å². The van der Waals surface area contributed by atoms with E-state index in [0.29, 0.717) is 5.92 Å². The van der Waals surface area contributed by atoms with E-state index in [0.717, 1.165) is 25.7 Å². The molecule has 2 rings (SSSR count). The molecule has 3 nitrogen and oxygen atoms in total. The van der Waals surface area contributed by atoms with Gasteiger partial charge < -0.3 is 5.32 Å². The monoisotopic (exact) mass is 289 g/mol. The number of piperidine rings is 1. The Morgan fingerprint density at radius 2 is 2.11 bits per heavy atom. The van der Waals surface area contributed by atoms with Gasteiger partial charge in [0.15, 0.2) is 0 Å². The lowest BCUT2D eigenvalue weighted by molar-refractivity contribution is 0.193. The van der Waals surface area contributed by atoms with Gasteiger partial charge in [-0.3, -0.25) is 4.90 Å². The van der Waals surface area contributed by atoms with Crippen molar-refractivity contribution in [3.63, 3.8) is 0 Å². The van der Waals surface area contributed by atoms with E-state index in [2.05, 4.69) is 42.3 Å². The summed E-state index contributed by atoms with van der Waals surface area (Å²) in [5, 5.41) is 4.68. The predicted molar refractivity (Wildman–Crippen MR) is 80.8 cm³/mol. The lowest BCUT2D eigenvalue weighted by atomic mass is 10.1. The summed E-state index contributed by atoms with van der Waals surface area (Å²) in [7, 11) is 2.24. The SMILES string of the molecule is CC(C)c1ncc(CN(C)C2CCNCC2)s1.Cl. The average molecular weight is 290 g/mol. The van der Waals surface area contributed by atoms with Gasteiger partial charge in [-0.15, -0.1) is 23.7 Å². The van der Waals surface area contributed by atoms with E-state index in [1.165, 1.54) is 22.7 Å². The minimum atomic E-state index is 0. The molecule has 1 fully saturated rings. The maximum atomic E-state index is 4.49. The van der Waals surface area contributed by atoms with Gasteiger partial charge in [0.25, 0.3) is 0 Å². The number of nitrogens with zero attached hydrogens (tertiary/aromatic N) is 2. The third-order valence-electron chi connectivity index (χ3n) is 3.40. The van der Waals surface area contributed by atoms with Crippen molar-refractivity contribution < 1.29 is 0 Å². The van der Waals surface area contributed by atoms with Crippen molar-refractivity contribution in [1.29, 1.82) is 0 Å². The fourth-order valence-corrected chi connectivity index (χ4v) is 3.27. The van der Waals surface area contributed by atoms with Crippen LogP contribution in [0.5, 0.6) is 0 Å². The minimum absolute atomic E-state index is 0. The van der Waals surface area contributed by atoms with Gasteiger partial charge in [-0.2, -0.15) is 0 Å². The normalized spacial score (nSPS) is 17.2. The van der Waals surface area contributed by atoms with Crippen molar-refractivity contribution in [1.82, 2.24) is 15.2 Å². The smallest absolute Gasteiger partial charge is 0.0953 e. The predicted octanol–water partition coefficient (Wildman–Crippen LogP) is 2.87. The van der Waals surface area contributed by atoms with Crippen molar-refractivity contribution in [2.45, 2.75) is 45.2 Å². The summed E-state index contributed by atoms with van der Waals surface area (Å²) < 4.78 is 0. The van der Waals surface area contributed by atoms with Crippen molar-refractivity contribution in [3.05, 3.63) is 16.1 Å². The Hall–Kier alpha value is -0.160. The molecular formula is C13H24ClN3S. The Bertz CT molecular complexity index is 348. The second-order valence-electron chi connectivity index (χ2n) is 5.22. The Balaban J connectivity index is 0.00000162. The molecule has 5 heteroatoms. The number of hydrogen-bond acceptors (Lipinski definition) is 4. The van der Waals surface area contributed by atoms with Crippen LogP contribution in [-0.4, -0.2) is 36.1 Å². The second kappa shape index (κ2) is 7.43. The zero-order valence-electron chi connectivity index (χ0n) is 11.5. The van der Waals surface area contributed by atoms with E-state index in [1.807, 2.05) is 11.3 Å². The number of halogens is 1. The molecular weight excluding hydrogens is 266 g/mol. The lowest BCUT2D eigenvalue weighted by Crippen LogP contribution is -2.40. The van der Waals surface area contributed by atoms with Gasteiger partial charge in [0.05, 0.1) is 5.01 Å². The van der Waals surface area contributed by atoms with Gasteiger partial charge >= 0.3 is 0 Å². The van der Waals surface area contributed by atoms with Crippen LogP contribution >= 0.6 is 23.7 Å². The molecule has 0 radical (unpaired) electrons. The van der Waals surface area contributed by atoms with E-state index >= 15 is 0 Å². The first-order valence-electron chi connectivity index (χ1n) is 6.52. The first kappa shape index (κ1) is 15.9. The lowest BCUT2D eigenvalue weighted by Gasteiger charge is -2.31. The summed E-state index contributed by atoms with van der Waals surface area (Å²) in [6.45, 7) is 7.79. The molecule has 0 spiro atoms. The van der Waals surface area contributed by atoms with Crippen molar-refractivity contribution in [3.8, 4) is 0 Å². The first-order chi connectivity index (χ1) is 8.16. The molecule has 1 aromatic heterocycles. The highest BCUT2D eigenvalue weighted by Gasteiger charge is 2.18. The Labute approximate surface area is 120 Å². The van der Waals surface area contributed by atoms with E-state index in [1.54, 1.807) is 0 Å². The topological polar surface area (TPSA) is 28.2 Å². The highest BCUT2D eigenvalue weighted by Crippen LogP contribution is 2.23. The minimum Gasteiger partial charge on any atom is -0.317 e. The first-order valence-corrected chi connectivity index (χ1v) is 7.34. The molecule has 0 atom stereocenters. The molecule has 0 unspecified atom stereocenters. The van der Waals surface area contributed by atoms with Crippen molar-refractivity contribution in [2.75, 3.05) is 20.1 Å². The number of aromatic nitrogens is 1. The summed E-state index contributed by atoms with van der Waals surface area (Å²) in [6, 6.07) is 0.737. The van der Waals surface area contributed by atoms with E-state index in [-0.39, 0.29) is 12.4 Å². The number of nitrogens with one attached hydrogen (secondary N) is 1. The van der Waals surface area contributed by atoms with E-state index in [4.69, 9.17) is 0 Å². The fourth-order valence-electron chi connectivity index (χ4n) is 2.29. The molecule has 2 heterocycles. The zero-order valence-corrected chi connectivity index (χ0v) is 13.1. The molecule has 0 amide bonds. The van der Waals surface area contributed by atoms with Crippen LogP contribution in [0.25, 0.3) is 0 Å². The maximum absolute atomic E-state index is 4.49. The van der Waals surface area contributed by atoms with Gasteiger partial charge in [-0.25, -0.2) is 4.98 Å². The van der Waals surface area contributed by atoms with E-state index < -0.39 is 0 Å². The third-order valence-corrected chi connectivity index (χ3v) is 4.69. The Morgan fingerprint density at radius 1 is 1.44 bits per heavy atom. The highest BCUT2D eigenvalue weighted by atomic mass is 35.5. The molecule has 0 aliphatic carbocycles.